The summed E-state index contributed by atoms with van der Waals surface area (Å²) in [7, 11) is 0. The first kappa shape index (κ1) is 22.4. The maximum atomic E-state index is 11.9. The first-order valence-electron chi connectivity index (χ1n) is 8.32. The number of imide groups is 1. The molecule has 27 heavy (non-hydrogen) atoms. The zero-order chi connectivity index (χ0) is 19.3. The number of rotatable bonds is 7. The molecule has 0 saturated carbocycles. The van der Waals surface area contributed by atoms with E-state index in [-0.39, 0.29) is 55.6 Å². The van der Waals surface area contributed by atoms with Crippen LogP contribution in [0.1, 0.15) is 20.3 Å². The van der Waals surface area contributed by atoms with Crippen LogP contribution in [0.3, 0.4) is 0 Å². The average molecular weight is 398 g/mol. The van der Waals surface area contributed by atoms with Crippen molar-refractivity contribution in [1.82, 2.24) is 10.2 Å². The van der Waals surface area contributed by atoms with Gasteiger partial charge in [0.15, 0.2) is 0 Å². The third-order valence-corrected chi connectivity index (χ3v) is 3.96. The Hall–Kier alpha value is -2.65. The summed E-state index contributed by atoms with van der Waals surface area (Å²) in [4.78, 5) is 47.7. The van der Waals surface area contributed by atoms with Crippen molar-refractivity contribution in [1.29, 1.82) is 0 Å². The minimum Gasteiger partial charge on any atom is -0.329 e. The van der Waals surface area contributed by atoms with E-state index in [2.05, 4.69) is 16.0 Å². The molecule has 0 aromatic heterocycles. The zero-order valence-corrected chi connectivity index (χ0v) is 16.0. The van der Waals surface area contributed by atoms with Gasteiger partial charge in [0.2, 0.25) is 17.7 Å². The molecule has 1 aromatic rings. The standard InChI is InChI=1S/C17H23N5O4.ClH/c1-10(2)15(18)16(25)21-12-5-3-11(4-6-12)20-13(23)7-8-22-14(24)9-19-17(22)26;/h3-6,10,15H,7-9,18H2,1-2H3,(H,19,26)(H,20,23)(H,21,25);1H/t15-;/m0./s1. The molecule has 1 aliphatic heterocycles. The normalized spacial score (nSPS) is 14.4. The van der Waals surface area contributed by atoms with Gasteiger partial charge in [0, 0.05) is 24.3 Å². The van der Waals surface area contributed by atoms with Crippen LogP contribution in [0, 0.1) is 5.92 Å². The van der Waals surface area contributed by atoms with Crippen LogP contribution in [-0.2, 0) is 14.4 Å². The molecule has 5 amide bonds. The van der Waals surface area contributed by atoms with E-state index in [1.807, 2.05) is 13.8 Å². The molecule has 1 aromatic carbocycles. The summed E-state index contributed by atoms with van der Waals surface area (Å²) >= 11 is 0. The molecule has 0 bridgehead atoms. The van der Waals surface area contributed by atoms with E-state index in [1.165, 1.54) is 0 Å². The smallest absolute Gasteiger partial charge is 0.324 e. The van der Waals surface area contributed by atoms with Crippen molar-refractivity contribution in [2.75, 3.05) is 23.7 Å². The molecule has 1 heterocycles. The van der Waals surface area contributed by atoms with Crippen molar-refractivity contribution in [3.63, 3.8) is 0 Å². The number of anilines is 2. The van der Waals surface area contributed by atoms with E-state index >= 15 is 0 Å². The Morgan fingerprint density at radius 2 is 1.70 bits per heavy atom. The van der Waals surface area contributed by atoms with Crippen molar-refractivity contribution in [3.05, 3.63) is 24.3 Å². The van der Waals surface area contributed by atoms with Crippen LogP contribution in [0.25, 0.3) is 0 Å². The van der Waals surface area contributed by atoms with E-state index in [0.717, 1.165) is 4.90 Å². The van der Waals surface area contributed by atoms with Crippen molar-refractivity contribution in [2.45, 2.75) is 26.3 Å². The van der Waals surface area contributed by atoms with E-state index in [9.17, 15) is 19.2 Å². The van der Waals surface area contributed by atoms with Gasteiger partial charge in [-0.1, -0.05) is 13.8 Å². The van der Waals surface area contributed by atoms with Gasteiger partial charge in [-0.25, -0.2) is 4.79 Å². The van der Waals surface area contributed by atoms with Crippen molar-refractivity contribution in [3.8, 4) is 0 Å². The molecule has 1 aliphatic rings. The number of nitrogens with one attached hydrogen (secondary N) is 3. The lowest BCUT2D eigenvalue weighted by atomic mass is 10.0. The third-order valence-electron chi connectivity index (χ3n) is 3.96. The maximum absolute atomic E-state index is 11.9. The number of hydrogen-bond acceptors (Lipinski definition) is 5. The number of benzene rings is 1. The van der Waals surface area contributed by atoms with Gasteiger partial charge in [-0.3, -0.25) is 19.3 Å². The molecule has 1 atom stereocenters. The molecule has 9 nitrogen and oxygen atoms in total. The van der Waals surface area contributed by atoms with Crippen molar-refractivity contribution >= 4 is 47.5 Å². The van der Waals surface area contributed by atoms with E-state index in [4.69, 9.17) is 5.73 Å². The van der Waals surface area contributed by atoms with Crippen LogP contribution >= 0.6 is 12.4 Å². The van der Waals surface area contributed by atoms with Gasteiger partial charge in [-0.05, 0) is 30.2 Å². The Labute approximate surface area is 163 Å². The molecule has 0 radical (unpaired) electrons. The highest BCUT2D eigenvalue weighted by Gasteiger charge is 2.28. The summed E-state index contributed by atoms with van der Waals surface area (Å²) in [6, 6.07) is 5.50. The van der Waals surface area contributed by atoms with Crippen LogP contribution in [0.5, 0.6) is 0 Å². The van der Waals surface area contributed by atoms with Gasteiger partial charge in [-0.2, -0.15) is 0 Å². The largest absolute Gasteiger partial charge is 0.329 e. The lowest BCUT2D eigenvalue weighted by Gasteiger charge is -2.15. The van der Waals surface area contributed by atoms with Gasteiger partial charge < -0.3 is 21.7 Å². The van der Waals surface area contributed by atoms with E-state index in [1.54, 1.807) is 24.3 Å². The lowest BCUT2D eigenvalue weighted by molar-refractivity contribution is -0.125. The summed E-state index contributed by atoms with van der Waals surface area (Å²) < 4.78 is 0. The first-order valence-corrected chi connectivity index (χ1v) is 8.32. The Morgan fingerprint density at radius 1 is 1.15 bits per heavy atom. The van der Waals surface area contributed by atoms with E-state index < -0.39 is 12.1 Å². The Bertz CT molecular complexity index is 692. The number of nitrogens with zero attached hydrogens (tertiary/aromatic N) is 1. The van der Waals surface area contributed by atoms with Crippen LogP contribution in [0.4, 0.5) is 16.2 Å². The predicted molar refractivity (Wildman–Crippen MR) is 103 cm³/mol. The Morgan fingerprint density at radius 3 is 2.19 bits per heavy atom. The highest BCUT2D eigenvalue weighted by Crippen LogP contribution is 2.15. The number of urea groups is 1. The summed E-state index contributed by atoms with van der Waals surface area (Å²) in [5.41, 5.74) is 6.90. The van der Waals surface area contributed by atoms with Gasteiger partial charge in [0.1, 0.15) is 0 Å². The Kier molecular flexibility index (Phi) is 8.20. The molecule has 0 spiro atoms. The van der Waals surface area contributed by atoms with Crippen LogP contribution in [-0.4, -0.2) is 47.8 Å². The van der Waals surface area contributed by atoms with Crippen molar-refractivity contribution in [2.24, 2.45) is 11.7 Å². The molecule has 5 N–H and O–H groups in total. The first-order chi connectivity index (χ1) is 12.3. The summed E-state index contributed by atoms with van der Waals surface area (Å²) in [6.45, 7) is 3.72. The fourth-order valence-corrected chi connectivity index (χ4v) is 2.28. The van der Waals surface area contributed by atoms with Gasteiger partial charge in [0.05, 0.1) is 12.6 Å². The third kappa shape index (κ3) is 6.22. The number of nitrogens with two attached hydrogens (primary N) is 1. The number of halogens is 1. The minimum absolute atomic E-state index is 0. The molecule has 0 aliphatic carbocycles. The number of carbonyl (C=O) groups is 4. The molecule has 1 fully saturated rings. The monoisotopic (exact) mass is 397 g/mol. The topological polar surface area (TPSA) is 134 Å². The highest BCUT2D eigenvalue weighted by atomic mass is 35.5. The average Bonchev–Trinajstić information content (AvgIpc) is 2.92. The molecular formula is C17H24ClN5O4. The maximum Gasteiger partial charge on any atom is 0.324 e. The minimum atomic E-state index is -0.597. The molecule has 148 valence electrons. The van der Waals surface area contributed by atoms with Crippen LogP contribution < -0.4 is 21.7 Å². The second-order valence-corrected chi connectivity index (χ2v) is 6.34. The summed E-state index contributed by atoms with van der Waals surface area (Å²) in [6.07, 6.45) is 0.000882. The summed E-state index contributed by atoms with van der Waals surface area (Å²) in [5, 5.41) is 7.77. The molecule has 2 rings (SSSR count). The highest BCUT2D eigenvalue weighted by molar-refractivity contribution is 6.02. The Balaban J connectivity index is 0.00000364. The fourth-order valence-electron chi connectivity index (χ4n) is 2.28. The number of hydrogen-bond donors (Lipinski definition) is 4. The van der Waals surface area contributed by atoms with Gasteiger partial charge >= 0.3 is 6.03 Å². The van der Waals surface area contributed by atoms with E-state index in [0.29, 0.717) is 11.4 Å². The van der Waals surface area contributed by atoms with Crippen LogP contribution in [0.2, 0.25) is 0 Å². The second-order valence-electron chi connectivity index (χ2n) is 6.34. The lowest BCUT2D eigenvalue weighted by Crippen LogP contribution is -2.39. The van der Waals surface area contributed by atoms with Crippen LogP contribution in [0.15, 0.2) is 24.3 Å². The SMILES string of the molecule is CC(C)[C@H](N)C(=O)Nc1ccc(NC(=O)CCN2C(=O)CNC2=O)cc1.Cl. The number of amides is 5. The predicted octanol–water partition coefficient (Wildman–Crippen LogP) is 0.911. The summed E-state index contributed by atoms with van der Waals surface area (Å²) in [5.74, 6) is -0.915. The fraction of sp³-hybridized carbons (Fsp3) is 0.412. The second kappa shape index (κ2) is 9.89. The molecule has 0 unspecified atom stereocenters. The van der Waals surface area contributed by atoms with Gasteiger partial charge in [0.25, 0.3) is 0 Å². The zero-order valence-electron chi connectivity index (χ0n) is 15.2. The quantitative estimate of drug-likeness (QED) is 0.507. The van der Waals surface area contributed by atoms with Crippen molar-refractivity contribution < 1.29 is 19.2 Å². The molecule has 1 saturated heterocycles. The molecule has 10 heteroatoms. The molecular weight excluding hydrogens is 374 g/mol. The van der Waals surface area contributed by atoms with Gasteiger partial charge in [-0.15, -0.1) is 12.4 Å². The number of carbonyl (C=O) groups excluding carboxylic acids is 4.